The lowest BCUT2D eigenvalue weighted by Crippen LogP contribution is -2.38. The Hall–Kier alpha value is -0.630. The molecule has 0 spiro atoms. The summed E-state index contributed by atoms with van der Waals surface area (Å²) in [5.41, 5.74) is 0. The number of carbonyl (C=O) groups is 1. The SMILES string of the molecule is C=C[N+]1(C)CCCC1=O. The molecule has 1 unspecified atom stereocenters. The second-order valence-electron chi connectivity index (χ2n) is 2.67. The quantitative estimate of drug-likeness (QED) is 0.477. The Bertz CT molecular complexity index is 153. The van der Waals surface area contributed by atoms with E-state index in [-0.39, 0.29) is 0 Å². The van der Waals surface area contributed by atoms with Crippen LogP contribution in [0.15, 0.2) is 12.8 Å². The monoisotopic (exact) mass is 126 g/mol. The highest BCUT2D eigenvalue weighted by molar-refractivity contribution is 5.70. The van der Waals surface area contributed by atoms with Crippen LogP contribution in [-0.2, 0) is 4.79 Å². The lowest BCUT2D eigenvalue weighted by Gasteiger charge is -2.19. The second-order valence-corrected chi connectivity index (χ2v) is 2.67. The van der Waals surface area contributed by atoms with Gasteiger partial charge in [0.05, 0.1) is 26.2 Å². The number of quaternary nitrogens is 1. The summed E-state index contributed by atoms with van der Waals surface area (Å²) in [5, 5.41) is 0. The van der Waals surface area contributed by atoms with Crippen LogP contribution in [0.1, 0.15) is 12.8 Å². The molecular weight excluding hydrogens is 114 g/mol. The lowest BCUT2D eigenvalue weighted by atomic mass is 10.4. The van der Waals surface area contributed by atoms with Crippen molar-refractivity contribution in [3.8, 4) is 0 Å². The van der Waals surface area contributed by atoms with Gasteiger partial charge in [0.1, 0.15) is 0 Å². The number of rotatable bonds is 1. The van der Waals surface area contributed by atoms with Gasteiger partial charge < -0.3 is 0 Å². The van der Waals surface area contributed by atoms with Crippen LogP contribution in [0.25, 0.3) is 0 Å². The fourth-order valence-corrected chi connectivity index (χ4v) is 1.13. The van der Waals surface area contributed by atoms with E-state index in [2.05, 4.69) is 6.58 Å². The number of nitrogens with zero attached hydrogens (tertiary/aromatic N) is 1. The van der Waals surface area contributed by atoms with E-state index in [1.807, 2.05) is 7.05 Å². The van der Waals surface area contributed by atoms with Crippen molar-refractivity contribution in [3.63, 3.8) is 0 Å². The first-order chi connectivity index (χ1) is 4.19. The maximum atomic E-state index is 11.0. The molecule has 1 fully saturated rings. The van der Waals surface area contributed by atoms with Crippen LogP contribution in [0.2, 0.25) is 0 Å². The minimum Gasteiger partial charge on any atom is -0.237 e. The minimum atomic E-state index is 0.296. The molecule has 1 aliphatic rings. The van der Waals surface area contributed by atoms with Crippen molar-refractivity contribution >= 4 is 5.91 Å². The molecule has 0 N–H and O–H groups in total. The van der Waals surface area contributed by atoms with Gasteiger partial charge >= 0.3 is 5.91 Å². The molecule has 1 aliphatic heterocycles. The van der Waals surface area contributed by atoms with Gasteiger partial charge in [-0.3, -0.25) is 0 Å². The van der Waals surface area contributed by atoms with Gasteiger partial charge in [0.15, 0.2) is 0 Å². The molecule has 2 nitrogen and oxygen atoms in total. The zero-order valence-corrected chi connectivity index (χ0v) is 5.76. The van der Waals surface area contributed by atoms with Gasteiger partial charge in [-0.05, 0) is 6.58 Å². The molecule has 2 heteroatoms. The predicted molar refractivity (Wildman–Crippen MR) is 35.5 cm³/mol. The van der Waals surface area contributed by atoms with Gasteiger partial charge in [0.25, 0.3) is 0 Å². The summed E-state index contributed by atoms with van der Waals surface area (Å²) in [4.78, 5) is 11.0. The van der Waals surface area contributed by atoms with Crippen molar-refractivity contribution in [2.45, 2.75) is 12.8 Å². The Labute approximate surface area is 55.4 Å². The van der Waals surface area contributed by atoms with Crippen LogP contribution in [-0.4, -0.2) is 24.0 Å². The van der Waals surface area contributed by atoms with Crippen molar-refractivity contribution in [3.05, 3.63) is 12.8 Å². The van der Waals surface area contributed by atoms with Crippen molar-refractivity contribution in [1.82, 2.24) is 0 Å². The molecule has 0 aromatic rings. The smallest absolute Gasteiger partial charge is 0.237 e. The van der Waals surface area contributed by atoms with Crippen LogP contribution >= 0.6 is 0 Å². The second kappa shape index (κ2) is 1.95. The highest BCUT2D eigenvalue weighted by atomic mass is 16.2. The summed E-state index contributed by atoms with van der Waals surface area (Å²) >= 11 is 0. The first-order valence-electron chi connectivity index (χ1n) is 3.21. The standard InChI is InChI=1S/C7H12NO/c1-3-8(2)6-4-5-7(8)9/h3H,1,4-6H2,2H3/q+1. The highest BCUT2D eigenvalue weighted by Crippen LogP contribution is 2.17. The molecule has 0 saturated carbocycles. The summed E-state index contributed by atoms with van der Waals surface area (Å²) in [6, 6.07) is 0. The van der Waals surface area contributed by atoms with Crippen molar-refractivity contribution in [2.75, 3.05) is 13.6 Å². The summed E-state index contributed by atoms with van der Waals surface area (Å²) in [6.07, 6.45) is 3.46. The van der Waals surface area contributed by atoms with E-state index in [0.717, 1.165) is 19.4 Å². The van der Waals surface area contributed by atoms with E-state index in [9.17, 15) is 4.79 Å². The minimum absolute atomic E-state index is 0.296. The van der Waals surface area contributed by atoms with Crippen LogP contribution in [0, 0.1) is 0 Å². The fraction of sp³-hybridized carbons (Fsp3) is 0.571. The summed E-state index contributed by atoms with van der Waals surface area (Å²) in [7, 11) is 1.91. The van der Waals surface area contributed by atoms with Crippen LogP contribution in [0.3, 0.4) is 0 Å². The molecule has 0 bridgehead atoms. The molecule has 0 aromatic heterocycles. The van der Waals surface area contributed by atoms with Crippen molar-refractivity contribution < 1.29 is 9.28 Å². The molecule has 50 valence electrons. The molecular formula is C7H12NO+. The Morgan fingerprint density at radius 2 is 2.44 bits per heavy atom. The largest absolute Gasteiger partial charge is 0.318 e. The molecule has 0 aliphatic carbocycles. The molecule has 1 heterocycles. The van der Waals surface area contributed by atoms with E-state index in [0.29, 0.717) is 10.4 Å². The summed E-state index contributed by atoms with van der Waals surface area (Å²) in [5.74, 6) is 0.296. The zero-order valence-electron chi connectivity index (χ0n) is 5.76. The first-order valence-corrected chi connectivity index (χ1v) is 3.21. The van der Waals surface area contributed by atoms with Gasteiger partial charge in [-0.25, -0.2) is 9.28 Å². The van der Waals surface area contributed by atoms with Gasteiger partial charge in [0, 0.05) is 6.42 Å². The summed E-state index contributed by atoms with van der Waals surface area (Å²) < 4.78 is 0.431. The Morgan fingerprint density at radius 3 is 2.67 bits per heavy atom. The van der Waals surface area contributed by atoms with Crippen LogP contribution in [0.5, 0.6) is 0 Å². The summed E-state index contributed by atoms with van der Waals surface area (Å²) in [6.45, 7) is 4.55. The third kappa shape index (κ3) is 0.900. The van der Waals surface area contributed by atoms with Crippen LogP contribution in [0.4, 0.5) is 0 Å². The number of likely N-dealkylation sites (tertiary alicyclic amines) is 1. The Morgan fingerprint density at radius 1 is 1.78 bits per heavy atom. The average molecular weight is 126 g/mol. The number of carbonyl (C=O) groups excluding carboxylic acids is 1. The number of hydrogen-bond acceptors (Lipinski definition) is 1. The molecule has 1 saturated heterocycles. The van der Waals surface area contributed by atoms with E-state index < -0.39 is 0 Å². The molecule has 0 aromatic carbocycles. The highest BCUT2D eigenvalue weighted by Gasteiger charge is 2.33. The average Bonchev–Trinajstić information content (AvgIpc) is 2.15. The molecule has 0 radical (unpaired) electrons. The van der Waals surface area contributed by atoms with E-state index in [4.69, 9.17) is 0 Å². The first kappa shape index (κ1) is 6.49. The van der Waals surface area contributed by atoms with E-state index in [1.54, 1.807) is 6.20 Å². The molecule has 1 atom stereocenters. The predicted octanol–water partition coefficient (Wildman–Crippen LogP) is 0.897. The fourth-order valence-electron chi connectivity index (χ4n) is 1.13. The maximum Gasteiger partial charge on any atom is 0.318 e. The lowest BCUT2D eigenvalue weighted by molar-refractivity contribution is -0.771. The zero-order chi connectivity index (χ0) is 6.91. The number of hydrogen-bond donors (Lipinski definition) is 0. The van der Waals surface area contributed by atoms with Crippen molar-refractivity contribution in [1.29, 1.82) is 0 Å². The van der Waals surface area contributed by atoms with Gasteiger partial charge in [-0.2, -0.15) is 0 Å². The maximum absolute atomic E-state index is 11.0. The molecule has 1 amide bonds. The van der Waals surface area contributed by atoms with Crippen LogP contribution < -0.4 is 0 Å². The molecule has 1 rings (SSSR count). The topological polar surface area (TPSA) is 17.1 Å². The number of amides is 1. The van der Waals surface area contributed by atoms with E-state index in [1.165, 1.54) is 0 Å². The Kier molecular flexibility index (Phi) is 1.41. The Balaban J connectivity index is 2.78. The van der Waals surface area contributed by atoms with Gasteiger partial charge in [-0.1, -0.05) is 0 Å². The van der Waals surface area contributed by atoms with Gasteiger partial charge in [-0.15, -0.1) is 0 Å². The normalized spacial score (nSPS) is 35.0. The van der Waals surface area contributed by atoms with Gasteiger partial charge in [0.2, 0.25) is 0 Å². The van der Waals surface area contributed by atoms with Crippen molar-refractivity contribution in [2.24, 2.45) is 0 Å². The molecule has 9 heavy (non-hydrogen) atoms. The third-order valence-electron chi connectivity index (χ3n) is 1.99. The van der Waals surface area contributed by atoms with E-state index >= 15 is 0 Å². The third-order valence-corrected chi connectivity index (χ3v) is 1.99.